The van der Waals surface area contributed by atoms with E-state index in [9.17, 15) is 0 Å². The molecule has 0 radical (unpaired) electrons. The predicted molar refractivity (Wildman–Crippen MR) is 113 cm³/mol. The minimum absolute atomic E-state index is 0.442. The molecule has 29 heavy (non-hydrogen) atoms. The first kappa shape index (κ1) is 19.7. The van der Waals surface area contributed by atoms with Gasteiger partial charge in [0.2, 0.25) is 5.82 Å². The maximum Gasteiger partial charge on any atom is 0.258 e. The molecule has 1 aromatic heterocycles. The summed E-state index contributed by atoms with van der Waals surface area (Å²) in [6, 6.07) is 12.9. The molecule has 4 rings (SSSR count). The lowest BCUT2D eigenvalue weighted by molar-refractivity contribution is 0.180. The molecule has 1 fully saturated rings. The Bertz CT molecular complexity index is 937. The SMILES string of the molecule is COc1cc(-c2noc(-c3ccc(Cl)cc3)n2)ccc1OCCN1CCCCC1. The molecule has 0 aliphatic carbocycles. The van der Waals surface area contributed by atoms with Crippen molar-refractivity contribution < 1.29 is 14.0 Å². The minimum Gasteiger partial charge on any atom is -0.493 e. The second-order valence-corrected chi connectivity index (χ2v) is 7.48. The highest BCUT2D eigenvalue weighted by Crippen LogP contribution is 2.32. The number of nitrogens with zero attached hydrogens (tertiary/aromatic N) is 3. The van der Waals surface area contributed by atoms with Crippen LogP contribution in [0.5, 0.6) is 11.5 Å². The van der Waals surface area contributed by atoms with E-state index in [2.05, 4.69) is 15.0 Å². The van der Waals surface area contributed by atoms with Crippen molar-refractivity contribution in [3.8, 4) is 34.3 Å². The Morgan fingerprint density at radius 3 is 2.52 bits per heavy atom. The maximum absolute atomic E-state index is 5.96. The Morgan fingerprint density at radius 2 is 1.76 bits per heavy atom. The van der Waals surface area contributed by atoms with E-state index in [0.29, 0.717) is 29.1 Å². The summed E-state index contributed by atoms with van der Waals surface area (Å²) in [7, 11) is 1.63. The molecule has 3 aromatic rings. The summed E-state index contributed by atoms with van der Waals surface area (Å²) in [4.78, 5) is 6.93. The standard InChI is InChI=1S/C22H24ClN3O3/c1-27-20-15-17(7-10-19(20)28-14-13-26-11-3-2-4-12-26)21-24-22(29-25-21)16-5-8-18(23)9-6-16/h5-10,15H,2-4,11-14H2,1H3. The van der Waals surface area contributed by atoms with Crippen molar-refractivity contribution in [3.05, 3.63) is 47.5 Å². The molecular weight excluding hydrogens is 390 g/mol. The number of hydrogen-bond acceptors (Lipinski definition) is 6. The molecular formula is C22H24ClN3O3. The van der Waals surface area contributed by atoms with Crippen LogP contribution in [-0.2, 0) is 0 Å². The van der Waals surface area contributed by atoms with E-state index in [0.717, 1.165) is 36.5 Å². The van der Waals surface area contributed by atoms with E-state index in [4.69, 9.17) is 25.6 Å². The van der Waals surface area contributed by atoms with Crippen LogP contribution in [-0.4, -0.2) is 48.4 Å². The molecule has 152 valence electrons. The minimum atomic E-state index is 0.442. The van der Waals surface area contributed by atoms with Crippen molar-refractivity contribution in [3.63, 3.8) is 0 Å². The zero-order chi connectivity index (χ0) is 20.1. The van der Waals surface area contributed by atoms with Gasteiger partial charge in [-0.05, 0) is 68.4 Å². The summed E-state index contributed by atoms with van der Waals surface area (Å²) < 4.78 is 16.9. The highest BCUT2D eigenvalue weighted by Gasteiger charge is 2.15. The largest absolute Gasteiger partial charge is 0.493 e. The Hall–Kier alpha value is -2.57. The van der Waals surface area contributed by atoms with Crippen molar-refractivity contribution in [1.29, 1.82) is 0 Å². The van der Waals surface area contributed by atoms with Gasteiger partial charge in [-0.25, -0.2) is 0 Å². The van der Waals surface area contributed by atoms with Gasteiger partial charge < -0.3 is 14.0 Å². The zero-order valence-corrected chi connectivity index (χ0v) is 17.2. The predicted octanol–water partition coefficient (Wildman–Crippen LogP) is 4.93. The van der Waals surface area contributed by atoms with E-state index in [1.165, 1.54) is 19.3 Å². The topological polar surface area (TPSA) is 60.6 Å². The van der Waals surface area contributed by atoms with Gasteiger partial charge in [0.25, 0.3) is 5.89 Å². The molecule has 1 saturated heterocycles. The molecule has 0 amide bonds. The fourth-order valence-corrected chi connectivity index (χ4v) is 3.57. The highest BCUT2D eigenvalue weighted by molar-refractivity contribution is 6.30. The second kappa shape index (κ2) is 9.29. The monoisotopic (exact) mass is 413 g/mol. The van der Waals surface area contributed by atoms with Crippen LogP contribution >= 0.6 is 11.6 Å². The number of rotatable bonds is 7. The van der Waals surface area contributed by atoms with E-state index in [-0.39, 0.29) is 0 Å². The van der Waals surface area contributed by atoms with Crippen molar-refractivity contribution >= 4 is 11.6 Å². The average molecular weight is 414 g/mol. The van der Waals surface area contributed by atoms with Gasteiger partial charge in [0.15, 0.2) is 11.5 Å². The first-order valence-corrected chi connectivity index (χ1v) is 10.2. The third-order valence-corrected chi connectivity index (χ3v) is 5.30. The van der Waals surface area contributed by atoms with Gasteiger partial charge in [-0.1, -0.05) is 23.2 Å². The number of hydrogen-bond donors (Lipinski definition) is 0. The van der Waals surface area contributed by atoms with Gasteiger partial charge in [0.05, 0.1) is 7.11 Å². The summed E-state index contributed by atoms with van der Waals surface area (Å²) in [5, 5.41) is 4.75. The average Bonchev–Trinajstić information content (AvgIpc) is 3.25. The van der Waals surface area contributed by atoms with Crippen molar-refractivity contribution in [2.24, 2.45) is 0 Å². The number of ether oxygens (including phenoxy) is 2. The Kier molecular flexibility index (Phi) is 6.32. The number of benzene rings is 2. The number of likely N-dealkylation sites (tertiary alicyclic amines) is 1. The van der Waals surface area contributed by atoms with Crippen LogP contribution < -0.4 is 9.47 Å². The Morgan fingerprint density at radius 1 is 1.00 bits per heavy atom. The molecule has 6 nitrogen and oxygen atoms in total. The van der Waals surface area contributed by atoms with E-state index >= 15 is 0 Å². The maximum atomic E-state index is 5.96. The van der Waals surface area contributed by atoms with Crippen molar-refractivity contribution in [2.75, 3.05) is 33.4 Å². The van der Waals surface area contributed by atoms with Crippen LogP contribution in [0, 0.1) is 0 Å². The summed E-state index contributed by atoms with van der Waals surface area (Å²) >= 11 is 5.93. The first-order valence-electron chi connectivity index (χ1n) is 9.86. The van der Waals surface area contributed by atoms with Crippen LogP contribution in [0.4, 0.5) is 0 Å². The normalized spacial score (nSPS) is 14.7. The number of methoxy groups -OCH3 is 1. The third-order valence-electron chi connectivity index (χ3n) is 5.05. The van der Waals surface area contributed by atoms with E-state index < -0.39 is 0 Å². The van der Waals surface area contributed by atoms with Gasteiger partial charge in [0.1, 0.15) is 6.61 Å². The summed E-state index contributed by atoms with van der Waals surface area (Å²) in [5.74, 6) is 2.30. The number of halogens is 1. The van der Waals surface area contributed by atoms with Crippen LogP contribution in [0.2, 0.25) is 5.02 Å². The summed E-state index contributed by atoms with van der Waals surface area (Å²) in [5.41, 5.74) is 1.62. The molecule has 1 aliphatic rings. The quantitative estimate of drug-likeness (QED) is 0.547. The molecule has 0 saturated carbocycles. The molecule has 0 spiro atoms. The molecule has 0 bridgehead atoms. The molecule has 7 heteroatoms. The zero-order valence-electron chi connectivity index (χ0n) is 16.4. The molecule has 0 N–H and O–H groups in total. The smallest absolute Gasteiger partial charge is 0.258 e. The van der Waals surface area contributed by atoms with Crippen LogP contribution in [0.1, 0.15) is 19.3 Å². The lowest BCUT2D eigenvalue weighted by atomic mass is 10.1. The fourth-order valence-electron chi connectivity index (χ4n) is 3.44. The molecule has 2 aromatic carbocycles. The molecule has 0 atom stereocenters. The van der Waals surface area contributed by atoms with Crippen LogP contribution in [0.3, 0.4) is 0 Å². The van der Waals surface area contributed by atoms with Gasteiger partial charge >= 0.3 is 0 Å². The first-order chi connectivity index (χ1) is 14.2. The van der Waals surface area contributed by atoms with Crippen LogP contribution in [0.25, 0.3) is 22.8 Å². The van der Waals surface area contributed by atoms with E-state index in [1.54, 1.807) is 19.2 Å². The molecule has 2 heterocycles. The molecule has 1 aliphatic heterocycles. The van der Waals surface area contributed by atoms with Gasteiger partial charge in [-0.15, -0.1) is 0 Å². The number of aromatic nitrogens is 2. The van der Waals surface area contributed by atoms with Gasteiger partial charge in [0, 0.05) is 22.7 Å². The summed E-state index contributed by atoms with van der Waals surface area (Å²) in [6.45, 7) is 3.89. The van der Waals surface area contributed by atoms with Crippen LogP contribution in [0.15, 0.2) is 47.0 Å². The lowest BCUT2D eigenvalue weighted by Crippen LogP contribution is -2.33. The lowest BCUT2D eigenvalue weighted by Gasteiger charge is -2.26. The fraction of sp³-hybridized carbons (Fsp3) is 0.364. The number of piperidine rings is 1. The molecule has 0 unspecified atom stereocenters. The Labute approximate surface area is 175 Å². The van der Waals surface area contributed by atoms with Crippen molar-refractivity contribution in [1.82, 2.24) is 15.0 Å². The van der Waals surface area contributed by atoms with Gasteiger partial charge in [-0.2, -0.15) is 4.98 Å². The highest BCUT2D eigenvalue weighted by atomic mass is 35.5. The van der Waals surface area contributed by atoms with Crippen molar-refractivity contribution in [2.45, 2.75) is 19.3 Å². The van der Waals surface area contributed by atoms with E-state index in [1.807, 2.05) is 30.3 Å². The third kappa shape index (κ3) is 4.89. The van der Waals surface area contributed by atoms with Gasteiger partial charge in [-0.3, -0.25) is 4.90 Å². The summed E-state index contributed by atoms with van der Waals surface area (Å²) in [6.07, 6.45) is 3.89. The second-order valence-electron chi connectivity index (χ2n) is 7.05. The Balaban J connectivity index is 1.44.